The Morgan fingerprint density at radius 3 is 2.86 bits per heavy atom. The van der Waals surface area contributed by atoms with E-state index in [9.17, 15) is 0 Å². The molecule has 6 heteroatoms. The number of H-pyrrole nitrogens is 1. The molecule has 1 N–H and O–H groups in total. The molecule has 14 heavy (non-hydrogen) atoms. The Labute approximate surface area is 98.0 Å². The van der Waals surface area contributed by atoms with E-state index < -0.39 is 0 Å². The Morgan fingerprint density at radius 1 is 1.43 bits per heavy atom. The van der Waals surface area contributed by atoms with Gasteiger partial charge < -0.3 is 0 Å². The van der Waals surface area contributed by atoms with E-state index in [1.54, 1.807) is 0 Å². The van der Waals surface area contributed by atoms with Gasteiger partial charge in [-0.1, -0.05) is 0 Å². The molecule has 0 bridgehead atoms. The van der Waals surface area contributed by atoms with Crippen LogP contribution in [0.2, 0.25) is 0 Å². The summed E-state index contributed by atoms with van der Waals surface area (Å²) >= 11 is 6.75. The van der Waals surface area contributed by atoms with Gasteiger partial charge in [0.15, 0.2) is 0 Å². The summed E-state index contributed by atoms with van der Waals surface area (Å²) in [5, 5.41) is 10.9. The van der Waals surface area contributed by atoms with E-state index in [1.807, 2.05) is 23.1 Å². The highest BCUT2D eigenvalue weighted by atomic mass is 79.9. The molecule has 2 heterocycles. The second-order valence-corrected chi connectivity index (χ2v) is 4.49. The third kappa shape index (κ3) is 2.24. The summed E-state index contributed by atoms with van der Waals surface area (Å²) in [4.78, 5) is 0. The molecule has 0 atom stereocenters. The van der Waals surface area contributed by atoms with Crippen LogP contribution in [0.25, 0.3) is 0 Å². The van der Waals surface area contributed by atoms with Crippen molar-refractivity contribution in [2.45, 2.75) is 13.0 Å². The maximum Gasteiger partial charge on any atom is 0.129 e. The first-order valence-electron chi connectivity index (χ1n) is 4.12. The van der Waals surface area contributed by atoms with Crippen LogP contribution < -0.4 is 0 Å². The number of aromatic nitrogens is 4. The normalized spacial score (nSPS) is 10.7. The SMILES string of the molecule is Brc1cc(Br)n(CCc2cn[nH]c2)n1. The maximum absolute atomic E-state index is 4.27. The molecule has 0 fully saturated rings. The number of nitrogens with one attached hydrogen (secondary N) is 1. The lowest BCUT2D eigenvalue weighted by atomic mass is 10.2. The van der Waals surface area contributed by atoms with Crippen LogP contribution in [-0.2, 0) is 13.0 Å². The fraction of sp³-hybridized carbons (Fsp3) is 0.250. The van der Waals surface area contributed by atoms with Crippen molar-refractivity contribution in [3.05, 3.63) is 33.2 Å². The highest BCUT2D eigenvalue weighted by Gasteiger charge is 2.03. The van der Waals surface area contributed by atoms with Gasteiger partial charge in [0.25, 0.3) is 0 Å². The third-order valence-corrected chi connectivity index (χ3v) is 2.89. The van der Waals surface area contributed by atoms with Crippen LogP contribution in [0.15, 0.2) is 27.7 Å². The monoisotopic (exact) mass is 318 g/mol. The highest BCUT2D eigenvalue weighted by molar-refractivity contribution is 9.11. The van der Waals surface area contributed by atoms with E-state index in [-0.39, 0.29) is 0 Å². The fourth-order valence-electron chi connectivity index (χ4n) is 1.17. The van der Waals surface area contributed by atoms with E-state index >= 15 is 0 Å². The molecule has 4 nitrogen and oxygen atoms in total. The van der Waals surface area contributed by atoms with Crippen molar-refractivity contribution in [3.63, 3.8) is 0 Å². The molecule has 0 aliphatic heterocycles. The summed E-state index contributed by atoms with van der Waals surface area (Å²) < 4.78 is 3.72. The summed E-state index contributed by atoms with van der Waals surface area (Å²) in [6, 6.07) is 1.93. The first-order chi connectivity index (χ1) is 6.75. The first kappa shape index (κ1) is 9.92. The topological polar surface area (TPSA) is 46.5 Å². The van der Waals surface area contributed by atoms with Gasteiger partial charge in [0.05, 0.1) is 6.20 Å². The van der Waals surface area contributed by atoms with Crippen LogP contribution in [-0.4, -0.2) is 20.0 Å². The van der Waals surface area contributed by atoms with Gasteiger partial charge in [0.2, 0.25) is 0 Å². The zero-order chi connectivity index (χ0) is 9.97. The molecule has 0 saturated carbocycles. The summed E-state index contributed by atoms with van der Waals surface area (Å²) in [7, 11) is 0. The number of aryl methyl sites for hydroxylation is 2. The minimum atomic E-state index is 0.839. The van der Waals surface area contributed by atoms with Crippen molar-refractivity contribution in [3.8, 4) is 0 Å². The predicted molar refractivity (Wildman–Crippen MR) is 59.9 cm³/mol. The molecule has 0 spiro atoms. The van der Waals surface area contributed by atoms with Gasteiger partial charge in [0.1, 0.15) is 9.21 Å². The van der Waals surface area contributed by atoms with Crippen LogP contribution in [0, 0.1) is 0 Å². The van der Waals surface area contributed by atoms with Crippen LogP contribution in [0.1, 0.15) is 5.56 Å². The van der Waals surface area contributed by atoms with E-state index in [4.69, 9.17) is 0 Å². The number of hydrogen-bond donors (Lipinski definition) is 1. The van der Waals surface area contributed by atoms with Crippen LogP contribution in [0.4, 0.5) is 0 Å². The molecule has 2 rings (SSSR count). The summed E-state index contributed by atoms with van der Waals surface area (Å²) in [6.45, 7) is 0.839. The molecule has 0 aliphatic carbocycles. The minimum absolute atomic E-state index is 0.839. The van der Waals surface area contributed by atoms with Gasteiger partial charge in [-0.15, -0.1) is 0 Å². The van der Waals surface area contributed by atoms with Crippen molar-refractivity contribution in [1.82, 2.24) is 20.0 Å². The lowest BCUT2D eigenvalue weighted by Crippen LogP contribution is -2.02. The lowest BCUT2D eigenvalue weighted by Gasteiger charge is -2.00. The quantitative estimate of drug-likeness (QED) is 0.944. The van der Waals surface area contributed by atoms with Crippen molar-refractivity contribution in [2.24, 2.45) is 0 Å². The fourth-order valence-corrected chi connectivity index (χ4v) is 2.36. The zero-order valence-electron chi connectivity index (χ0n) is 7.24. The molecule has 0 saturated heterocycles. The van der Waals surface area contributed by atoms with Gasteiger partial charge in [-0.3, -0.25) is 9.78 Å². The molecule has 2 aromatic heterocycles. The van der Waals surface area contributed by atoms with Crippen LogP contribution >= 0.6 is 31.9 Å². The first-order valence-corrected chi connectivity index (χ1v) is 5.71. The van der Waals surface area contributed by atoms with E-state index in [1.165, 1.54) is 5.56 Å². The van der Waals surface area contributed by atoms with E-state index in [2.05, 4.69) is 47.2 Å². The summed E-state index contributed by atoms with van der Waals surface area (Å²) in [6.07, 6.45) is 4.64. The minimum Gasteiger partial charge on any atom is -0.285 e. The molecule has 0 radical (unpaired) electrons. The molecular formula is C8H8Br2N4. The van der Waals surface area contributed by atoms with Crippen LogP contribution in [0.5, 0.6) is 0 Å². The predicted octanol–water partition coefficient (Wildman–Crippen LogP) is 2.37. The van der Waals surface area contributed by atoms with Gasteiger partial charge in [-0.2, -0.15) is 10.2 Å². The highest BCUT2D eigenvalue weighted by Crippen LogP contribution is 2.16. The maximum atomic E-state index is 4.27. The number of nitrogens with zero attached hydrogens (tertiary/aromatic N) is 3. The largest absolute Gasteiger partial charge is 0.285 e. The Bertz CT molecular complexity index is 407. The van der Waals surface area contributed by atoms with Gasteiger partial charge in [0, 0.05) is 18.8 Å². The van der Waals surface area contributed by atoms with Gasteiger partial charge in [-0.25, -0.2) is 0 Å². The Kier molecular flexibility index (Phi) is 3.02. The average molecular weight is 320 g/mol. The van der Waals surface area contributed by atoms with Crippen molar-refractivity contribution >= 4 is 31.9 Å². The molecule has 0 amide bonds. The Morgan fingerprint density at radius 2 is 2.29 bits per heavy atom. The molecule has 0 unspecified atom stereocenters. The van der Waals surface area contributed by atoms with Crippen molar-refractivity contribution in [2.75, 3.05) is 0 Å². The summed E-state index contributed by atoms with van der Waals surface area (Å²) in [5.74, 6) is 0. The molecular weight excluding hydrogens is 312 g/mol. The number of halogens is 2. The third-order valence-electron chi connectivity index (χ3n) is 1.87. The van der Waals surface area contributed by atoms with Crippen LogP contribution in [0.3, 0.4) is 0 Å². The summed E-state index contributed by atoms with van der Waals surface area (Å²) in [5.41, 5.74) is 1.18. The standard InChI is InChI=1S/C8H8Br2N4/c9-7-3-8(10)14(13-7)2-1-6-4-11-12-5-6/h3-5H,1-2H2,(H,11,12). The smallest absolute Gasteiger partial charge is 0.129 e. The van der Waals surface area contributed by atoms with Crippen molar-refractivity contribution < 1.29 is 0 Å². The van der Waals surface area contributed by atoms with Gasteiger partial charge >= 0.3 is 0 Å². The second-order valence-electron chi connectivity index (χ2n) is 2.87. The van der Waals surface area contributed by atoms with E-state index in [0.29, 0.717) is 0 Å². The molecule has 74 valence electrons. The number of rotatable bonds is 3. The van der Waals surface area contributed by atoms with Crippen molar-refractivity contribution in [1.29, 1.82) is 0 Å². The average Bonchev–Trinajstić information content (AvgIpc) is 2.72. The lowest BCUT2D eigenvalue weighted by molar-refractivity contribution is 0.599. The zero-order valence-corrected chi connectivity index (χ0v) is 10.4. The molecule has 2 aromatic rings. The molecule has 0 aromatic carbocycles. The van der Waals surface area contributed by atoms with E-state index in [0.717, 1.165) is 22.2 Å². The van der Waals surface area contributed by atoms with Gasteiger partial charge in [-0.05, 0) is 43.8 Å². The second kappa shape index (κ2) is 4.27. The Balaban J connectivity index is 2.01. The number of hydrogen-bond acceptors (Lipinski definition) is 2. The Hall–Kier alpha value is -0.620. The molecule has 0 aliphatic rings. The number of aromatic amines is 1.